The number of benzene rings is 1. The summed E-state index contributed by atoms with van der Waals surface area (Å²) in [6, 6.07) is 3.38. The molecule has 0 saturated carbocycles. The van der Waals surface area contributed by atoms with Gasteiger partial charge in [0.25, 0.3) is 0 Å². The highest BCUT2D eigenvalue weighted by atomic mass is 19.2. The summed E-state index contributed by atoms with van der Waals surface area (Å²) in [4.78, 5) is 30.1. The monoisotopic (exact) mass is 451 g/mol. The molecule has 1 unspecified atom stereocenters. The van der Waals surface area contributed by atoms with Crippen LogP contribution in [0.4, 0.5) is 8.78 Å². The molecule has 176 valence electrons. The van der Waals surface area contributed by atoms with Crippen LogP contribution in [-0.2, 0) is 9.59 Å². The van der Waals surface area contributed by atoms with Crippen LogP contribution < -0.4 is 0 Å². The third kappa shape index (κ3) is 6.82. The Labute approximate surface area is 186 Å². The van der Waals surface area contributed by atoms with Crippen LogP contribution in [0.15, 0.2) is 24.3 Å². The fourth-order valence-corrected chi connectivity index (χ4v) is 4.36. The molecule has 0 radical (unpaired) electrons. The van der Waals surface area contributed by atoms with E-state index in [1.807, 2.05) is 4.90 Å². The third-order valence-corrected chi connectivity index (χ3v) is 5.88. The lowest BCUT2D eigenvalue weighted by molar-refractivity contribution is -0.132. The summed E-state index contributed by atoms with van der Waals surface area (Å²) in [7, 11) is 0. The van der Waals surface area contributed by atoms with Crippen LogP contribution in [0.2, 0.25) is 0 Å². The Kier molecular flexibility index (Phi) is 8.33. The van der Waals surface area contributed by atoms with Gasteiger partial charge < -0.3 is 20.0 Å². The third-order valence-electron chi connectivity index (χ3n) is 5.88. The van der Waals surface area contributed by atoms with E-state index in [2.05, 4.69) is 6.92 Å². The van der Waals surface area contributed by atoms with Crippen molar-refractivity contribution in [2.75, 3.05) is 45.8 Å². The van der Waals surface area contributed by atoms with E-state index in [0.717, 1.165) is 25.1 Å². The van der Waals surface area contributed by atoms with Gasteiger partial charge in [0.2, 0.25) is 11.8 Å². The number of aliphatic hydroxyl groups excluding tert-OH is 2. The minimum atomic E-state index is -0.984. The number of carbonyl (C=O) groups excluding carboxylic acids is 2. The molecule has 9 heteroatoms. The van der Waals surface area contributed by atoms with Gasteiger partial charge in [-0.1, -0.05) is 13.0 Å². The number of hydrogen-bond donors (Lipinski definition) is 2. The second kappa shape index (κ2) is 11.0. The Balaban J connectivity index is 1.51. The maximum atomic E-state index is 13.3. The smallest absolute Gasteiger partial charge is 0.246 e. The molecule has 2 fully saturated rings. The Morgan fingerprint density at radius 3 is 2.69 bits per heavy atom. The standard InChI is InChI=1S/C23H31F2N3O4/c1-16-10-18(29)13-26(12-16)14-19(30)15-28-9-8-27(7-6-23(28)32)22(31)5-3-17-2-4-20(24)21(25)11-17/h2-5,11,16,18-19,29-30H,6-10,12-15H2,1H3/b5-3+/t16-,18+,19?/m1/s1. The lowest BCUT2D eigenvalue weighted by Crippen LogP contribution is -2.48. The van der Waals surface area contributed by atoms with Crippen LogP contribution in [0.5, 0.6) is 0 Å². The van der Waals surface area contributed by atoms with Crippen molar-refractivity contribution in [3.63, 3.8) is 0 Å². The number of nitrogens with zero attached hydrogens (tertiary/aromatic N) is 3. The van der Waals surface area contributed by atoms with Gasteiger partial charge in [0.1, 0.15) is 0 Å². The molecule has 3 rings (SSSR count). The van der Waals surface area contributed by atoms with Crippen molar-refractivity contribution in [1.82, 2.24) is 14.7 Å². The Bertz CT molecular complexity index is 841. The minimum Gasteiger partial charge on any atom is -0.392 e. The number of amides is 2. The predicted octanol–water partition coefficient (Wildman–Crippen LogP) is 1.10. The zero-order chi connectivity index (χ0) is 23.3. The number of rotatable bonds is 6. The molecule has 2 N–H and O–H groups in total. The molecule has 2 saturated heterocycles. The van der Waals surface area contributed by atoms with E-state index in [-0.39, 0.29) is 31.3 Å². The Hall–Kier alpha value is -2.36. The van der Waals surface area contributed by atoms with Gasteiger partial charge in [0.15, 0.2) is 11.6 Å². The first kappa shape index (κ1) is 24.3. The average Bonchev–Trinajstić information content (AvgIpc) is 2.89. The molecule has 1 aromatic rings. The Morgan fingerprint density at radius 1 is 1.19 bits per heavy atom. The van der Waals surface area contributed by atoms with Crippen LogP contribution in [0.3, 0.4) is 0 Å². The zero-order valence-corrected chi connectivity index (χ0v) is 18.3. The Morgan fingerprint density at radius 2 is 1.97 bits per heavy atom. The number of β-amino-alcohol motifs (C(OH)–C–C–N with tert-alkyl or cyclic N) is 2. The molecule has 0 spiro atoms. The normalized spacial score (nSPS) is 24.1. The maximum absolute atomic E-state index is 13.3. The number of hydrogen-bond acceptors (Lipinski definition) is 5. The van der Waals surface area contributed by atoms with E-state index in [1.165, 1.54) is 23.1 Å². The van der Waals surface area contributed by atoms with E-state index < -0.39 is 23.8 Å². The summed E-state index contributed by atoms with van der Waals surface area (Å²) in [5.74, 6) is -2.03. The van der Waals surface area contributed by atoms with E-state index in [4.69, 9.17) is 0 Å². The molecule has 2 aliphatic rings. The van der Waals surface area contributed by atoms with Crippen molar-refractivity contribution in [3.8, 4) is 0 Å². The predicted molar refractivity (Wildman–Crippen MR) is 115 cm³/mol. The number of likely N-dealkylation sites (tertiary alicyclic amines) is 1. The van der Waals surface area contributed by atoms with Gasteiger partial charge >= 0.3 is 0 Å². The second-order valence-corrected chi connectivity index (χ2v) is 8.79. The van der Waals surface area contributed by atoms with Gasteiger partial charge in [0, 0.05) is 58.3 Å². The number of aliphatic hydroxyl groups is 2. The molecule has 1 aromatic carbocycles. The van der Waals surface area contributed by atoms with E-state index in [0.29, 0.717) is 37.7 Å². The van der Waals surface area contributed by atoms with Crippen LogP contribution in [0, 0.1) is 17.6 Å². The lowest BCUT2D eigenvalue weighted by Gasteiger charge is -2.36. The molecule has 0 bridgehead atoms. The molecule has 32 heavy (non-hydrogen) atoms. The molecular formula is C23H31F2N3O4. The summed E-state index contributed by atoms with van der Waals surface area (Å²) < 4.78 is 26.3. The highest BCUT2D eigenvalue weighted by Gasteiger charge is 2.28. The topological polar surface area (TPSA) is 84.3 Å². The summed E-state index contributed by atoms with van der Waals surface area (Å²) in [5, 5.41) is 20.4. The molecule has 2 aliphatic heterocycles. The van der Waals surface area contributed by atoms with Crippen LogP contribution in [-0.4, -0.2) is 94.7 Å². The average molecular weight is 452 g/mol. The summed E-state index contributed by atoms with van der Waals surface area (Å²) >= 11 is 0. The molecule has 0 aromatic heterocycles. The van der Waals surface area contributed by atoms with E-state index >= 15 is 0 Å². The minimum absolute atomic E-state index is 0.129. The number of halogens is 2. The summed E-state index contributed by atoms with van der Waals surface area (Å²) in [5.41, 5.74) is 0.366. The highest BCUT2D eigenvalue weighted by Crippen LogP contribution is 2.17. The van der Waals surface area contributed by atoms with Gasteiger partial charge in [-0.05, 0) is 36.1 Å². The maximum Gasteiger partial charge on any atom is 0.246 e. The summed E-state index contributed by atoms with van der Waals surface area (Å²) in [6.07, 6.45) is 2.46. The fraction of sp³-hybridized carbons (Fsp3) is 0.565. The van der Waals surface area contributed by atoms with Crippen molar-refractivity contribution < 1.29 is 28.6 Å². The first-order valence-electron chi connectivity index (χ1n) is 11.0. The second-order valence-electron chi connectivity index (χ2n) is 8.79. The van der Waals surface area contributed by atoms with E-state index in [1.54, 1.807) is 4.90 Å². The first-order chi connectivity index (χ1) is 15.2. The van der Waals surface area contributed by atoms with E-state index in [9.17, 15) is 28.6 Å². The summed E-state index contributed by atoms with van der Waals surface area (Å²) in [6.45, 7) is 4.81. The van der Waals surface area contributed by atoms with Crippen molar-refractivity contribution >= 4 is 17.9 Å². The molecule has 7 nitrogen and oxygen atoms in total. The first-order valence-corrected chi connectivity index (χ1v) is 11.0. The van der Waals surface area contributed by atoms with Crippen LogP contribution in [0.1, 0.15) is 25.3 Å². The van der Waals surface area contributed by atoms with Gasteiger partial charge in [-0.15, -0.1) is 0 Å². The van der Waals surface area contributed by atoms with Crippen molar-refractivity contribution in [1.29, 1.82) is 0 Å². The quantitative estimate of drug-likeness (QED) is 0.633. The van der Waals surface area contributed by atoms with Crippen molar-refractivity contribution in [2.45, 2.75) is 32.0 Å². The van der Waals surface area contributed by atoms with Gasteiger partial charge in [-0.3, -0.25) is 14.5 Å². The highest BCUT2D eigenvalue weighted by molar-refractivity contribution is 5.92. The largest absolute Gasteiger partial charge is 0.392 e. The molecule has 2 heterocycles. The van der Waals surface area contributed by atoms with Crippen molar-refractivity contribution in [2.24, 2.45) is 5.92 Å². The molecule has 3 atom stereocenters. The van der Waals surface area contributed by atoms with Crippen molar-refractivity contribution in [3.05, 3.63) is 41.5 Å². The van der Waals surface area contributed by atoms with Crippen LogP contribution in [0.25, 0.3) is 6.08 Å². The number of piperidine rings is 1. The fourth-order valence-electron chi connectivity index (χ4n) is 4.36. The number of carbonyl (C=O) groups is 2. The zero-order valence-electron chi connectivity index (χ0n) is 18.3. The van der Waals surface area contributed by atoms with Gasteiger partial charge in [-0.25, -0.2) is 8.78 Å². The lowest BCUT2D eigenvalue weighted by atomic mass is 9.98. The van der Waals surface area contributed by atoms with Gasteiger partial charge in [0.05, 0.1) is 12.2 Å². The molecule has 0 aliphatic carbocycles. The SMILES string of the molecule is C[C@@H]1C[C@H](O)CN(CC(O)CN2CCN(C(=O)/C=C/c3ccc(F)c(F)c3)CCC2=O)C1. The molecular weight excluding hydrogens is 420 g/mol. The van der Waals surface area contributed by atoms with Gasteiger partial charge in [-0.2, -0.15) is 0 Å². The molecule has 2 amide bonds. The van der Waals surface area contributed by atoms with Crippen LogP contribution >= 0.6 is 0 Å².